The number of amides is 1. The molecule has 1 heterocycles. The largest absolute Gasteiger partial charge is 0.344 e. The number of carbonyl (C=O) groups excluding carboxylic acids is 1. The maximum Gasteiger partial charge on any atom is 0.272 e. The number of benzene rings is 1. The minimum absolute atomic E-state index is 0.106. The van der Waals surface area contributed by atoms with Gasteiger partial charge in [-0.3, -0.25) is 9.78 Å². The Morgan fingerprint density at radius 3 is 2.68 bits per heavy atom. The van der Waals surface area contributed by atoms with E-state index in [-0.39, 0.29) is 17.6 Å². The summed E-state index contributed by atoms with van der Waals surface area (Å²) in [4.78, 5) is 19.9. The molecule has 6 nitrogen and oxygen atoms in total. The number of carbonyl (C=O) groups is 1. The van der Waals surface area contributed by atoms with Gasteiger partial charge in [0.2, 0.25) is 0 Å². The monoisotopic (exact) mass is 257 g/mol. The average Bonchev–Trinajstić information content (AvgIpc) is 2.48. The highest BCUT2D eigenvalue weighted by Crippen LogP contribution is 2.12. The highest BCUT2D eigenvalue weighted by Gasteiger charge is 2.13. The van der Waals surface area contributed by atoms with Crippen molar-refractivity contribution in [2.45, 2.75) is 13.0 Å². The minimum atomic E-state index is -0.291. The molecule has 0 saturated heterocycles. The van der Waals surface area contributed by atoms with Gasteiger partial charge in [0.25, 0.3) is 5.91 Å². The number of nitrogens with two attached hydrogens (primary N) is 1. The van der Waals surface area contributed by atoms with Gasteiger partial charge in [-0.25, -0.2) is 10.8 Å². The first-order valence-electron chi connectivity index (χ1n) is 5.85. The summed E-state index contributed by atoms with van der Waals surface area (Å²) >= 11 is 0. The second-order valence-electron chi connectivity index (χ2n) is 4.04. The van der Waals surface area contributed by atoms with Gasteiger partial charge in [0.1, 0.15) is 5.69 Å². The van der Waals surface area contributed by atoms with E-state index in [0.29, 0.717) is 5.82 Å². The standard InChI is InChI=1S/C13H15N5O/c1-9(10-5-3-2-4-6-10)16-13(19)11-7-15-8-12(17-11)18-14/h2-9H,14H2,1H3,(H,16,19)(H,17,18). The fraction of sp³-hybridized carbons (Fsp3) is 0.154. The first-order valence-corrected chi connectivity index (χ1v) is 5.85. The van der Waals surface area contributed by atoms with Crippen molar-refractivity contribution in [1.82, 2.24) is 15.3 Å². The zero-order valence-corrected chi connectivity index (χ0v) is 10.5. The number of hydrazine groups is 1. The smallest absolute Gasteiger partial charge is 0.272 e. The number of anilines is 1. The molecule has 98 valence electrons. The Labute approximate surface area is 111 Å². The van der Waals surface area contributed by atoms with E-state index in [1.165, 1.54) is 12.4 Å². The van der Waals surface area contributed by atoms with Crippen molar-refractivity contribution in [2.75, 3.05) is 5.43 Å². The molecule has 1 amide bonds. The zero-order valence-electron chi connectivity index (χ0n) is 10.5. The van der Waals surface area contributed by atoms with Crippen LogP contribution < -0.4 is 16.6 Å². The molecule has 0 spiro atoms. The number of hydrogen-bond acceptors (Lipinski definition) is 5. The number of nitrogen functional groups attached to an aromatic ring is 1. The Morgan fingerprint density at radius 1 is 1.26 bits per heavy atom. The predicted octanol–water partition coefficient (Wildman–Crippen LogP) is 1.25. The lowest BCUT2D eigenvalue weighted by Gasteiger charge is -2.13. The highest BCUT2D eigenvalue weighted by molar-refractivity contribution is 5.92. The zero-order chi connectivity index (χ0) is 13.7. The number of hydrogen-bond donors (Lipinski definition) is 3. The van der Waals surface area contributed by atoms with Gasteiger partial charge in [0.15, 0.2) is 5.82 Å². The topological polar surface area (TPSA) is 92.9 Å². The van der Waals surface area contributed by atoms with Crippen LogP contribution in [0.2, 0.25) is 0 Å². The Kier molecular flexibility index (Phi) is 4.04. The lowest BCUT2D eigenvalue weighted by molar-refractivity contribution is 0.0934. The lowest BCUT2D eigenvalue weighted by Crippen LogP contribution is -2.28. The van der Waals surface area contributed by atoms with Crippen molar-refractivity contribution >= 4 is 11.7 Å². The van der Waals surface area contributed by atoms with Gasteiger partial charge in [-0.15, -0.1) is 0 Å². The molecule has 1 unspecified atom stereocenters. The van der Waals surface area contributed by atoms with Crippen molar-refractivity contribution in [2.24, 2.45) is 5.84 Å². The quantitative estimate of drug-likeness (QED) is 0.566. The summed E-state index contributed by atoms with van der Waals surface area (Å²) in [5.74, 6) is 5.28. The summed E-state index contributed by atoms with van der Waals surface area (Å²) in [6, 6.07) is 9.58. The summed E-state index contributed by atoms with van der Waals surface area (Å²) in [7, 11) is 0. The molecule has 1 aromatic heterocycles. The Balaban J connectivity index is 2.08. The molecule has 4 N–H and O–H groups in total. The molecule has 0 aliphatic rings. The fourth-order valence-corrected chi connectivity index (χ4v) is 1.64. The van der Waals surface area contributed by atoms with Gasteiger partial charge < -0.3 is 10.7 Å². The molecule has 2 rings (SSSR count). The summed E-state index contributed by atoms with van der Waals surface area (Å²) in [5.41, 5.74) is 3.60. The van der Waals surface area contributed by atoms with Crippen LogP contribution in [0, 0.1) is 0 Å². The summed E-state index contributed by atoms with van der Waals surface area (Å²) in [6.45, 7) is 1.91. The Morgan fingerprint density at radius 2 is 2.00 bits per heavy atom. The van der Waals surface area contributed by atoms with Crippen molar-refractivity contribution in [3.8, 4) is 0 Å². The molecular formula is C13H15N5O. The van der Waals surface area contributed by atoms with E-state index in [2.05, 4.69) is 20.7 Å². The first-order chi connectivity index (χ1) is 9.20. The fourth-order valence-electron chi connectivity index (χ4n) is 1.64. The van der Waals surface area contributed by atoms with Gasteiger partial charge >= 0.3 is 0 Å². The summed E-state index contributed by atoms with van der Waals surface area (Å²) in [5, 5.41) is 2.85. The van der Waals surface area contributed by atoms with Crippen LogP contribution in [0.25, 0.3) is 0 Å². The first kappa shape index (κ1) is 13.0. The molecular weight excluding hydrogens is 242 g/mol. The number of nitrogens with one attached hydrogen (secondary N) is 2. The Hall–Kier alpha value is -2.47. The third-order valence-corrected chi connectivity index (χ3v) is 2.66. The van der Waals surface area contributed by atoms with Crippen molar-refractivity contribution in [3.05, 3.63) is 54.0 Å². The van der Waals surface area contributed by atoms with E-state index in [1.807, 2.05) is 37.3 Å². The second-order valence-corrected chi connectivity index (χ2v) is 4.04. The van der Waals surface area contributed by atoms with Crippen LogP contribution in [0.1, 0.15) is 29.0 Å². The lowest BCUT2D eigenvalue weighted by atomic mass is 10.1. The molecule has 0 radical (unpaired) electrons. The van der Waals surface area contributed by atoms with Crippen LogP contribution in [0.3, 0.4) is 0 Å². The van der Waals surface area contributed by atoms with Gasteiger partial charge in [-0.2, -0.15) is 0 Å². The van der Waals surface area contributed by atoms with Crippen LogP contribution in [-0.2, 0) is 0 Å². The third-order valence-electron chi connectivity index (χ3n) is 2.66. The van der Waals surface area contributed by atoms with Crippen LogP contribution in [0.5, 0.6) is 0 Å². The van der Waals surface area contributed by atoms with Crippen molar-refractivity contribution in [3.63, 3.8) is 0 Å². The maximum absolute atomic E-state index is 12.0. The highest BCUT2D eigenvalue weighted by atomic mass is 16.1. The molecule has 0 bridgehead atoms. The molecule has 6 heteroatoms. The molecule has 0 saturated carbocycles. The van der Waals surface area contributed by atoms with Crippen LogP contribution in [-0.4, -0.2) is 15.9 Å². The van der Waals surface area contributed by atoms with E-state index in [1.54, 1.807) is 0 Å². The third kappa shape index (κ3) is 3.26. The Bertz CT molecular complexity index is 558. The van der Waals surface area contributed by atoms with E-state index in [0.717, 1.165) is 5.56 Å². The maximum atomic E-state index is 12.0. The van der Waals surface area contributed by atoms with Crippen molar-refractivity contribution < 1.29 is 4.79 Å². The average molecular weight is 257 g/mol. The van der Waals surface area contributed by atoms with Crippen molar-refractivity contribution in [1.29, 1.82) is 0 Å². The molecule has 0 aliphatic heterocycles. The SMILES string of the molecule is CC(NC(=O)c1cncc(NN)n1)c1ccccc1. The van der Waals surface area contributed by atoms with E-state index in [4.69, 9.17) is 5.84 Å². The predicted molar refractivity (Wildman–Crippen MR) is 72.2 cm³/mol. The molecule has 1 atom stereocenters. The number of rotatable bonds is 4. The molecule has 2 aromatic rings. The van der Waals surface area contributed by atoms with E-state index in [9.17, 15) is 4.79 Å². The number of nitrogens with zero attached hydrogens (tertiary/aromatic N) is 2. The van der Waals surface area contributed by atoms with Gasteiger partial charge in [0.05, 0.1) is 18.4 Å². The minimum Gasteiger partial charge on any atom is -0.344 e. The normalized spacial score (nSPS) is 11.7. The van der Waals surface area contributed by atoms with Crippen LogP contribution in [0.4, 0.5) is 5.82 Å². The van der Waals surface area contributed by atoms with Gasteiger partial charge in [0, 0.05) is 0 Å². The molecule has 19 heavy (non-hydrogen) atoms. The molecule has 0 fully saturated rings. The van der Waals surface area contributed by atoms with Crippen LogP contribution >= 0.6 is 0 Å². The molecule has 0 aliphatic carbocycles. The van der Waals surface area contributed by atoms with E-state index < -0.39 is 0 Å². The molecule has 1 aromatic carbocycles. The summed E-state index contributed by atoms with van der Waals surface area (Å²) in [6.07, 6.45) is 2.84. The van der Waals surface area contributed by atoms with Gasteiger partial charge in [-0.05, 0) is 12.5 Å². The summed E-state index contributed by atoms with van der Waals surface area (Å²) < 4.78 is 0. The van der Waals surface area contributed by atoms with Crippen LogP contribution in [0.15, 0.2) is 42.7 Å². The number of aromatic nitrogens is 2. The second kappa shape index (κ2) is 5.92. The van der Waals surface area contributed by atoms with Gasteiger partial charge in [-0.1, -0.05) is 30.3 Å². The van der Waals surface area contributed by atoms with E-state index >= 15 is 0 Å².